The van der Waals surface area contributed by atoms with Crippen molar-refractivity contribution in [3.63, 3.8) is 0 Å². The molecule has 1 unspecified atom stereocenters. The van der Waals surface area contributed by atoms with Crippen LogP contribution in [0.2, 0.25) is 0 Å². The summed E-state index contributed by atoms with van der Waals surface area (Å²) in [7, 11) is 1.71. The van der Waals surface area contributed by atoms with Gasteiger partial charge in [0.15, 0.2) is 6.61 Å². The van der Waals surface area contributed by atoms with Crippen LogP contribution in [-0.4, -0.2) is 43.8 Å². The first-order valence-corrected chi connectivity index (χ1v) is 10.2. The van der Waals surface area contributed by atoms with E-state index in [2.05, 4.69) is 6.92 Å². The van der Waals surface area contributed by atoms with E-state index in [0.717, 1.165) is 28.4 Å². The third kappa shape index (κ3) is 7.82. The average molecular weight is 405 g/mol. The quantitative estimate of drug-likeness (QED) is 0.522. The van der Waals surface area contributed by atoms with E-state index >= 15 is 0 Å². The molecule has 28 heavy (non-hydrogen) atoms. The number of hydrogen-bond donors (Lipinski definition) is 1. The van der Waals surface area contributed by atoms with Crippen LogP contribution in [-0.2, 0) is 9.53 Å². The fraction of sp³-hybridized carbons (Fsp3) is 0.409. The third-order valence-electron chi connectivity index (χ3n) is 4.22. The number of methoxy groups -OCH3 is 1. The van der Waals surface area contributed by atoms with Gasteiger partial charge < -0.3 is 19.3 Å². The Morgan fingerprint density at radius 3 is 2.50 bits per heavy atom. The minimum atomic E-state index is -0.979. The molecule has 1 atom stereocenters. The predicted molar refractivity (Wildman–Crippen MR) is 112 cm³/mol. The molecule has 2 rings (SSSR count). The van der Waals surface area contributed by atoms with E-state index in [1.165, 1.54) is 5.56 Å². The van der Waals surface area contributed by atoms with Gasteiger partial charge >= 0.3 is 5.97 Å². The van der Waals surface area contributed by atoms with E-state index in [0.29, 0.717) is 24.9 Å². The highest BCUT2D eigenvalue weighted by molar-refractivity contribution is 7.99. The van der Waals surface area contributed by atoms with E-state index in [-0.39, 0.29) is 6.61 Å². The van der Waals surface area contributed by atoms with Gasteiger partial charge in [0.25, 0.3) is 0 Å². The Labute approximate surface area is 171 Å². The van der Waals surface area contributed by atoms with Crippen molar-refractivity contribution in [2.45, 2.75) is 25.2 Å². The molecule has 5 nitrogen and oxygen atoms in total. The number of ether oxygens (including phenoxy) is 3. The zero-order valence-electron chi connectivity index (χ0n) is 16.6. The number of aliphatic carboxylic acids is 1. The summed E-state index contributed by atoms with van der Waals surface area (Å²) in [6.07, 6.45) is 0.925. The lowest BCUT2D eigenvalue weighted by molar-refractivity contribution is -0.139. The highest BCUT2D eigenvalue weighted by Crippen LogP contribution is 2.28. The maximum atomic E-state index is 10.6. The fourth-order valence-corrected chi connectivity index (χ4v) is 3.69. The monoisotopic (exact) mass is 404 g/mol. The van der Waals surface area contributed by atoms with Gasteiger partial charge in [0.2, 0.25) is 0 Å². The van der Waals surface area contributed by atoms with Crippen molar-refractivity contribution in [3.8, 4) is 11.5 Å². The second kappa shape index (κ2) is 11.6. The Hall–Kier alpha value is -2.18. The molecule has 0 saturated heterocycles. The molecule has 0 aromatic heterocycles. The van der Waals surface area contributed by atoms with Crippen molar-refractivity contribution in [1.29, 1.82) is 0 Å². The maximum Gasteiger partial charge on any atom is 0.341 e. The Morgan fingerprint density at radius 2 is 1.86 bits per heavy atom. The topological polar surface area (TPSA) is 65.0 Å². The molecular formula is C22H28O5S. The molecule has 0 spiro atoms. The van der Waals surface area contributed by atoms with Gasteiger partial charge in [-0.1, -0.05) is 17.7 Å². The molecule has 0 aliphatic carbocycles. The summed E-state index contributed by atoms with van der Waals surface area (Å²) in [5.41, 5.74) is 2.14. The molecule has 0 aliphatic heterocycles. The van der Waals surface area contributed by atoms with E-state index < -0.39 is 5.97 Å². The highest BCUT2D eigenvalue weighted by atomic mass is 32.2. The first kappa shape index (κ1) is 22.1. The third-order valence-corrected chi connectivity index (χ3v) is 5.45. The number of thioether (sulfide) groups is 1. The van der Waals surface area contributed by atoms with Crippen LogP contribution in [0.5, 0.6) is 11.5 Å². The number of hydrogen-bond acceptors (Lipinski definition) is 5. The number of carbonyl (C=O) groups is 1. The SMILES string of the molecule is COCCC(COc1ccc(C)cc1)CSc1ccc(OCC(=O)O)c(C)c1. The van der Waals surface area contributed by atoms with E-state index in [1.807, 2.05) is 49.4 Å². The van der Waals surface area contributed by atoms with Crippen molar-refractivity contribution < 1.29 is 24.1 Å². The van der Waals surface area contributed by atoms with Crippen LogP contribution in [0.25, 0.3) is 0 Å². The summed E-state index contributed by atoms with van der Waals surface area (Å²) in [6, 6.07) is 13.9. The Morgan fingerprint density at radius 1 is 1.11 bits per heavy atom. The van der Waals surface area contributed by atoms with Gasteiger partial charge in [-0.25, -0.2) is 4.79 Å². The van der Waals surface area contributed by atoms with Crippen molar-refractivity contribution in [2.24, 2.45) is 5.92 Å². The first-order chi connectivity index (χ1) is 13.5. The molecule has 6 heteroatoms. The number of carboxylic acids is 1. The number of benzene rings is 2. The summed E-state index contributed by atoms with van der Waals surface area (Å²) in [6.45, 7) is 4.98. The first-order valence-electron chi connectivity index (χ1n) is 9.24. The van der Waals surface area contributed by atoms with Crippen LogP contribution < -0.4 is 9.47 Å². The van der Waals surface area contributed by atoms with Crippen LogP contribution >= 0.6 is 11.8 Å². The van der Waals surface area contributed by atoms with Crippen molar-refractivity contribution >= 4 is 17.7 Å². The number of aryl methyl sites for hydroxylation is 2. The minimum absolute atomic E-state index is 0.331. The molecular weight excluding hydrogens is 376 g/mol. The Balaban J connectivity index is 1.90. The molecule has 0 heterocycles. The van der Waals surface area contributed by atoms with Crippen molar-refractivity contribution in [3.05, 3.63) is 53.6 Å². The van der Waals surface area contributed by atoms with Crippen molar-refractivity contribution in [2.75, 3.05) is 32.7 Å². The number of carboxylic acid groups (broad SMARTS) is 1. The predicted octanol–water partition coefficient (Wildman–Crippen LogP) is 4.59. The molecule has 0 amide bonds. The van der Waals surface area contributed by atoms with Gasteiger partial charge in [0, 0.05) is 30.3 Å². The molecule has 2 aromatic carbocycles. The molecule has 0 radical (unpaired) electrons. The van der Waals surface area contributed by atoms with Crippen LogP contribution in [0, 0.1) is 19.8 Å². The zero-order chi connectivity index (χ0) is 20.4. The van der Waals surface area contributed by atoms with Gasteiger partial charge in [0.1, 0.15) is 11.5 Å². The molecule has 0 bridgehead atoms. The normalized spacial score (nSPS) is 11.8. The van der Waals surface area contributed by atoms with Crippen LogP contribution in [0.15, 0.2) is 47.4 Å². The van der Waals surface area contributed by atoms with Crippen molar-refractivity contribution in [1.82, 2.24) is 0 Å². The van der Waals surface area contributed by atoms with Gasteiger partial charge in [0.05, 0.1) is 6.61 Å². The maximum absolute atomic E-state index is 10.6. The summed E-state index contributed by atoms with van der Waals surface area (Å²) < 4.78 is 16.5. The second-order valence-electron chi connectivity index (χ2n) is 6.69. The molecule has 152 valence electrons. The fourth-order valence-electron chi connectivity index (χ4n) is 2.58. The molecule has 2 aromatic rings. The van der Waals surface area contributed by atoms with Gasteiger partial charge in [-0.2, -0.15) is 0 Å². The van der Waals surface area contributed by atoms with E-state index in [9.17, 15) is 4.79 Å². The van der Waals surface area contributed by atoms with E-state index in [1.54, 1.807) is 18.9 Å². The Bertz CT molecular complexity index is 745. The molecule has 0 saturated carbocycles. The van der Waals surface area contributed by atoms with Gasteiger partial charge in [-0.05, 0) is 56.2 Å². The largest absolute Gasteiger partial charge is 0.493 e. The molecule has 1 N–H and O–H groups in total. The lowest BCUT2D eigenvalue weighted by atomic mass is 10.1. The zero-order valence-corrected chi connectivity index (χ0v) is 17.5. The number of rotatable bonds is 12. The molecule has 0 fully saturated rings. The Kier molecular flexibility index (Phi) is 9.17. The summed E-state index contributed by atoms with van der Waals surface area (Å²) in [5, 5.41) is 8.73. The summed E-state index contributed by atoms with van der Waals surface area (Å²) in [5.74, 6) is 1.77. The summed E-state index contributed by atoms with van der Waals surface area (Å²) in [4.78, 5) is 11.8. The van der Waals surface area contributed by atoms with Crippen LogP contribution in [0.3, 0.4) is 0 Å². The highest BCUT2D eigenvalue weighted by Gasteiger charge is 2.12. The lowest BCUT2D eigenvalue weighted by Gasteiger charge is -2.18. The lowest BCUT2D eigenvalue weighted by Crippen LogP contribution is -2.16. The molecule has 0 aliphatic rings. The second-order valence-corrected chi connectivity index (χ2v) is 7.79. The van der Waals surface area contributed by atoms with Gasteiger partial charge in [-0.3, -0.25) is 0 Å². The standard InChI is InChI=1S/C22H28O5S/c1-16-4-6-19(7-5-16)26-13-18(10-11-25-3)15-28-20-8-9-21(17(2)12-20)27-14-22(23)24/h4-9,12,18H,10-11,13-15H2,1-3H3,(H,23,24). The van der Waals surface area contributed by atoms with Crippen LogP contribution in [0.1, 0.15) is 17.5 Å². The van der Waals surface area contributed by atoms with E-state index in [4.69, 9.17) is 19.3 Å². The smallest absolute Gasteiger partial charge is 0.341 e. The summed E-state index contributed by atoms with van der Waals surface area (Å²) >= 11 is 1.76. The van der Waals surface area contributed by atoms with Crippen LogP contribution in [0.4, 0.5) is 0 Å². The minimum Gasteiger partial charge on any atom is -0.493 e. The van der Waals surface area contributed by atoms with Gasteiger partial charge in [-0.15, -0.1) is 11.8 Å². The average Bonchev–Trinajstić information content (AvgIpc) is 2.67.